The van der Waals surface area contributed by atoms with Crippen molar-refractivity contribution in [2.75, 3.05) is 23.5 Å². The molecule has 114 valence electrons. The number of para-hydroxylation sites is 1. The lowest BCUT2D eigenvalue weighted by atomic mass is 10.2. The Morgan fingerprint density at radius 1 is 1.29 bits per heavy atom. The molecule has 1 aliphatic rings. The summed E-state index contributed by atoms with van der Waals surface area (Å²) in [5, 5.41) is 2.61. The second-order valence-electron chi connectivity index (χ2n) is 5.13. The third-order valence-corrected chi connectivity index (χ3v) is 5.19. The van der Waals surface area contributed by atoms with Crippen LogP contribution in [-0.2, 0) is 19.4 Å². The number of rotatable bonds is 4. The molecule has 1 aliphatic heterocycles. The van der Waals surface area contributed by atoms with Gasteiger partial charge in [-0.05, 0) is 18.6 Å². The van der Waals surface area contributed by atoms with E-state index in [1.54, 1.807) is 19.2 Å². The van der Waals surface area contributed by atoms with Crippen LogP contribution in [0.25, 0.3) is 0 Å². The summed E-state index contributed by atoms with van der Waals surface area (Å²) in [5.41, 5.74) is 0.707. The van der Waals surface area contributed by atoms with Crippen LogP contribution in [0.1, 0.15) is 12.8 Å². The van der Waals surface area contributed by atoms with E-state index in [0.29, 0.717) is 12.1 Å². The predicted molar refractivity (Wildman–Crippen MR) is 79.7 cm³/mol. The Kier molecular flexibility index (Phi) is 4.62. The zero-order valence-electron chi connectivity index (χ0n) is 11.8. The number of carbonyl (C=O) groups is 2. The minimum Gasteiger partial charge on any atom is -0.352 e. The van der Waals surface area contributed by atoms with Crippen LogP contribution in [0.2, 0.25) is 0 Å². The first kappa shape index (κ1) is 15.5. The molecule has 7 heteroatoms. The van der Waals surface area contributed by atoms with Crippen LogP contribution in [-0.4, -0.2) is 44.8 Å². The van der Waals surface area contributed by atoms with Crippen LogP contribution in [0, 0.1) is 0 Å². The van der Waals surface area contributed by atoms with Gasteiger partial charge in [-0.2, -0.15) is 0 Å². The second kappa shape index (κ2) is 6.26. The van der Waals surface area contributed by atoms with E-state index in [1.807, 2.05) is 18.2 Å². The zero-order valence-corrected chi connectivity index (χ0v) is 12.6. The van der Waals surface area contributed by atoms with Crippen molar-refractivity contribution in [3.8, 4) is 0 Å². The standard InChI is InChI=1S/C14H18N2O4S/c1-16(12-5-3-2-4-6-12)14(18)9-13(17)15-11-7-8-21(19,20)10-11/h2-6,11H,7-10H2,1H3,(H,15,17). The quantitative estimate of drug-likeness (QED) is 0.813. The Bertz CT molecular complexity index is 628. The predicted octanol–water partition coefficient (Wildman–Crippen LogP) is 0.343. The van der Waals surface area contributed by atoms with Gasteiger partial charge in [0.15, 0.2) is 9.84 Å². The van der Waals surface area contributed by atoms with Crippen molar-refractivity contribution in [2.24, 2.45) is 0 Å². The number of nitrogens with one attached hydrogen (secondary N) is 1. The molecule has 21 heavy (non-hydrogen) atoms. The smallest absolute Gasteiger partial charge is 0.236 e. The normalized spacial score (nSPS) is 20.0. The summed E-state index contributed by atoms with van der Waals surface area (Å²) in [7, 11) is -1.44. The van der Waals surface area contributed by atoms with Crippen molar-refractivity contribution in [3.63, 3.8) is 0 Å². The van der Waals surface area contributed by atoms with Gasteiger partial charge in [0.05, 0.1) is 11.5 Å². The summed E-state index contributed by atoms with van der Waals surface area (Å²) in [4.78, 5) is 25.2. The van der Waals surface area contributed by atoms with Gasteiger partial charge in [-0.25, -0.2) is 8.42 Å². The SMILES string of the molecule is CN(C(=O)CC(=O)NC1CCS(=O)(=O)C1)c1ccccc1. The second-order valence-corrected chi connectivity index (χ2v) is 7.36. The summed E-state index contributed by atoms with van der Waals surface area (Å²) in [6.45, 7) is 0. The largest absolute Gasteiger partial charge is 0.352 e. The molecule has 1 fully saturated rings. The molecule has 0 radical (unpaired) electrons. The monoisotopic (exact) mass is 310 g/mol. The van der Waals surface area contributed by atoms with Gasteiger partial charge in [-0.15, -0.1) is 0 Å². The molecule has 1 N–H and O–H groups in total. The first-order valence-corrected chi connectivity index (χ1v) is 8.51. The number of amides is 2. The molecule has 1 atom stereocenters. The molecule has 1 heterocycles. The first-order valence-electron chi connectivity index (χ1n) is 6.69. The molecular formula is C14H18N2O4S. The lowest BCUT2D eigenvalue weighted by molar-refractivity contribution is -0.128. The van der Waals surface area contributed by atoms with Gasteiger partial charge in [-0.3, -0.25) is 9.59 Å². The number of hydrogen-bond donors (Lipinski definition) is 1. The van der Waals surface area contributed by atoms with Gasteiger partial charge >= 0.3 is 0 Å². The summed E-state index contributed by atoms with van der Waals surface area (Å²) >= 11 is 0. The van der Waals surface area contributed by atoms with Crippen LogP contribution >= 0.6 is 0 Å². The molecule has 1 saturated heterocycles. The maximum absolute atomic E-state index is 12.0. The number of anilines is 1. The van der Waals surface area contributed by atoms with E-state index in [0.717, 1.165) is 0 Å². The highest BCUT2D eigenvalue weighted by Crippen LogP contribution is 2.13. The number of nitrogens with zero attached hydrogens (tertiary/aromatic N) is 1. The molecule has 0 aliphatic carbocycles. The summed E-state index contributed by atoms with van der Waals surface area (Å²) in [5.74, 6) is -0.721. The molecule has 1 unspecified atom stereocenters. The van der Waals surface area contributed by atoms with Crippen molar-refractivity contribution in [1.29, 1.82) is 0 Å². The van der Waals surface area contributed by atoms with E-state index in [2.05, 4.69) is 5.32 Å². The molecule has 2 rings (SSSR count). The average molecular weight is 310 g/mol. The molecule has 0 aromatic heterocycles. The minimum atomic E-state index is -3.04. The van der Waals surface area contributed by atoms with Crippen molar-refractivity contribution in [2.45, 2.75) is 18.9 Å². The van der Waals surface area contributed by atoms with Crippen molar-refractivity contribution in [1.82, 2.24) is 5.32 Å². The maximum Gasteiger partial charge on any atom is 0.236 e. The van der Waals surface area contributed by atoms with E-state index in [1.165, 1.54) is 4.90 Å². The molecule has 0 spiro atoms. The summed E-state index contributed by atoms with van der Waals surface area (Å²) in [6.07, 6.45) is 0.124. The van der Waals surface area contributed by atoms with Crippen LogP contribution in [0.4, 0.5) is 5.69 Å². The van der Waals surface area contributed by atoms with Gasteiger partial charge in [0.2, 0.25) is 11.8 Å². The van der Waals surface area contributed by atoms with Gasteiger partial charge in [0, 0.05) is 18.8 Å². The van der Waals surface area contributed by atoms with E-state index in [9.17, 15) is 18.0 Å². The fourth-order valence-corrected chi connectivity index (χ4v) is 3.91. The van der Waals surface area contributed by atoms with Gasteiger partial charge in [-0.1, -0.05) is 18.2 Å². The Morgan fingerprint density at radius 2 is 1.95 bits per heavy atom. The third kappa shape index (κ3) is 4.29. The highest BCUT2D eigenvalue weighted by atomic mass is 32.2. The van der Waals surface area contributed by atoms with Gasteiger partial charge in [0.25, 0.3) is 0 Å². The Morgan fingerprint density at radius 3 is 2.52 bits per heavy atom. The maximum atomic E-state index is 12.0. The number of benzene rings is 1. The molecular weight excluding hydrogens is 292 g/mol. The Hall–Kier alpha value is -1.89. The number of sulfone groups is 1. The van der Waals surface area contributed by atoms with E-state index in [4.69, 9.17) is 0 Å². The highest BCUT2D eigenvalue weighted by molar-refractivity contribution is 7.91. The van der Waals surface area contributed by atoms with Crippen LogP contribution < -0.4 is 10.2 Å². The van der Waals surface area contributed by atoms with Crippen LogP contribution in [0.3, 0.4) is 0 Å². The molecule has 0 saturated carbocycles. The molecule has 0 bridgehead atoms. The van der Waals surface area contributed by atoms with Crippen molar-refractivity contribution < 1.29 is 18.0 Å². The van der Waals surface area contributed by atoms with Crippen LogP contribution in [0.5, 0.6) is 0 Å². The Labute approximate surface area is 124 Å². The zero-order chi connectivity index (χ0) is 15.5. The third-order valence-electron chi connectivity index (χ3n) is 3.43. The summed E-state index contributed by atoms with van der Waals surface area (Å²) in [6, 6.07) is 8.64. The lowest BCUT2D eigenvalue weighted by Gasteiger charge is -2.17. The van der Waals surface area contributed by atoms with E-state index >= 15 is 0 Å². The molecule has 6 nitrogen and oxygen atoms in total. The number of carbonyl (C=O) groups excluding carboxylic acids is 2. The highest BCUT2D eigenvalue weighted by Gasteiger charge is 2.29. The van der Waals surface area contributed by atoms with Gasteiger partial charge in [0.1, 0.15) is 6.42 Å². The van der Waals surface area contributed by atoms with Crippen molar-refractivity contribution in [3.05, 3.63) is 30.3 Å². The summed E-state index contributed by atoms with van der Waals surface area (Å²) < 4.78 is 22.6. The average Bonchev–Trinajstić information content (AvgIpc) is 2.77. The van der Waals surface area contributed by atoms with Gasteiger partial charge < -0.3 is 10.2 Å². The van der Waals surface area contributed by atoms with Crippen LogP contribution in [0.15, 0.2) is 30.3 Å². The molecule has 2 amide bonds. The van der Waals surface area contributed by atoms with Crippen molar-refractivity contribution >= 4 is 27.3 Å². The fourth-order valence-electron chi connectivity index (χ4n) is 2.24. The number of hydrogen-bond acceptors (Lipinski definition) is 4. The molecule has 1 aromatic rings. The molecule has 1 aromatic carbocycles. The fraction of sp³-hybridized carbons (Fsp3) is 0.429. The lowest BCUT2D eigenvalue weighted by Crippen LogP contribution is -2.39. The topological polar surface area (TPSA) is 83.6 Å². The van der Waals surface area contributed by atoms with E-state index in [-0.39, 0.29) is 29.9 Å². The van der Waals surface area contributed by atoms with E-state index < -0.39 is 15.7 Å². The minimum absolute atomic E-state index is 0.0402. The first-order chi connectivity index (χ1) is 9.87. The Balaban J connectivity index is 1.87.